The smallest absolute Gasteiger partial charge is 0.224 e. The number of hydrogen-bond donors (Lipinski definition) is 4. The molecule has 1 saturated heterocycles. The van der Waals surface area contributed by atoms with Crippen molar-refractivity contribution in [3.05, 3.63) is 72.7 Å². The van der Waals surface area contributed by atoms with Crippen molar-refractivity contribution in [1.29, 1.82) is 0 Å². The minimum atomic E-state index is 0.0138. The number of carbonyl (C=O) groups is 1. The molecule has 10 heteroatoms. The zero-order valence-corrected chi connectivity index (χ0v) is 22.6. The van der Waals surface area contributed by atoms with E-state index in [0.717, 1.165) is 59.3 Å². The van der Waals surface area contributed by atoms with Crippen LogP contribution in [0.4, 0.5) is 5.69 Å². The maximum absolute atomic E-state index is 12.7. The van der Waals surface area contributed by atoms with Gasteiger partial charge in [-0.15, -0.1) is 0 Å². The van der Waals surface area contributed by atoms with Gasteiger partial charge in [-0.3, -0.25) is 14.9 Å². The highest BCUT2D eigenvalue weighted by atomic mass is 16.1. The lowest BCUT2D eigenvalue weighted by atomic mass is 9.94. The van der Waals surface area contributed by atoms with Crippen LogP contribution in [0, 0.1) is 12.8 Å². The molecule has 0 aliphatic carbocycles. The van der Waals surface area contributed by atoms with Crippen molar-refractivity contribution in [2.75, 3.05) is 18.4 Å². The molecule has 6 heterocycles. The number of pyridine rings is 3. The summed E-state index contributed by atoms with van der Waals surface area (Å²) < 4.78 is 0. The fraction of sp³-hybridized carbons (Fsp3) is 0.226. The molecular formula is C31H29N9O. The average Bonchev–Trinajstić information content (AvgIpc) is 3.61. The summed E-state index contributed by atoms with van der Waals surface area (Å²) in [5, 5.41) is 14.0. The van der Waals surface area contributed by atoms with Gasteiger partial charge in [-0.05, 0) is 68.6 Å². The summed E-state index contributed by atoms with van der Waals surface area (Å²) in [6, 6.07) is 16.1. The minimum absolute atomic E-state index is 0.0138. The second kappa shape index (κ2) is 10.5. The van der Waals surface area contributed by atoms with Crippen molar-refractivity contribution in [2.24, 2.45) is 5.92 Å². The largest absolute Gasteiger partial charge is 0.335 e. The van der Waals surface area contributed by atoms with E-state index in [0.29, 0.717) is 40.7 Å². The molecule has 0 atom stereocenters. The number of piperidine rings is 1. The van der Waals surface area contributed by atoms with Gasteiger partial charge in [0.2, 0.25) is 5.91 Å². The summed E-state index contributed by atoms with van der Waals surface area (Å²) in [5.41, 5.74) is 9.00. The normalized spacial score (nSPS) is 14.1. The van der Waals surface area contributed by atoms with Crippen LogP contribution in [0.25, 0.3) is 56.1 Å². The fourth-order valence-electron chi connectivity index (χ4n) is 5.51. The first-order valence-corrected chi connectivity index (χ1v) is 13.8. The number of hydrogen-bond acceptors (Lipinski definition) is 7. The van der Waals surface area contributed by atoms with Crippen molar-refractivity contribution in [3.63, 3.8) is 0 Å². The van der Waals surface area contributed by atoms with E-state index in [1.165, 1.54) is 5.56 Å². The zero-order chi connectivity index (χ0) is 27.8. The Hall–Kier alpha value is -4.96. The molecule has 6 aromatic rings. The molecule has 4 N–H and O–H groups in total. The molecule has 204 valence electrons. The summed E-state index contributed by atoms with van der Waals surface area (Å²) >= 11 is 0. The molecular weight excluding hydrogens is 514 g/mol. The van der Waals surface area contributed by atoms with Crippen LogP contribution in [0.5, 0.6) is 0 Å². The number of amides is 1. The van der Waals surface area contributed by atoms with Crippen LogP contribution < -0.4 is 10.6 Å². The highest BCUT2D eigenvalue weighted by Gasteiger charge is 2.19. The van der Waals surface area contributed by atoms with Gasteiger partial charge < -0.3 is 15.6 Å². The summed E-state index contributed by atoms with van der Waals surface area (Å²) in [6.45, 7) is 4.02. The van der Waals surface area contributed by atoms with E-state index in [1.54, 1.807) is 18.6 Å². The number of anilines is 1. The summed E-state index contributed by atoms with van der Waals surface area (Å²) in [5.74, 6) is 1.01. The molecule has 41 heavy (non-hydrogen) atoms. The van der Waals surface area contributed by atoms with Gasteiger partial charge in [-0.25, -0.2) is 15.0 Å². The van der Waals surface area contributed by atoms with Gasteiger partial charge in [0.05, 0.1) is 28.6 Å². The Balaban J connectivity index is 1.19. The van der Waals surface area contributed by atoms with Gasteiger partial charge in [0.25, 0.3) is 0 Å². The SMILES string of the molecule is Cc1cccc(-c2ccnc3nc(-c4n[nH]c5ccc(-c6cncc(NC(=O)CC7CCNCC7)c6)nc45)[nH]c23)c1. The lowest BCUT2D eigenvalue weighted by Crippen LogP contribution is -2.30. The zero-order valence-electron chi connectivity index (χ0n) is 22.6. The molecule has 1 aliphatic rings. The second-order valence-electron chi connectivity index (χ2n) is 10.6. The molecule has 0 radical (unpaired) electrons. The molecule has 1 amide bonds. The number of nitrogens with one attached hydrogen (secondary N) is 4. The standard InChI is InChI=1S/C31H29N9O/c1-18-3-2-4-20(13-18)23-9-12-34-30-27(23)37-31(38-30)29-28-25(39-40-29)6-5-24(36-28)21-15-22(17-33-16-21)35-26(41)14-19-7-10-32-11-8-19/h2-6,9,12-13,15-17,19,32H,7-8,10-11,14H2,1H3,(H,35,41)(H,39,40)(H,34,37,38). The van der Waals surface area contributed by atoms with E-state index >= 15 is 0 Å². The Kier molecular flexibility index (Phi) is 6.44. The number of imidazole rings is 1. The van der Waals surface area contributed by atoms with E-state index in [-0.39, 0.29) is 5.91 Å². The van der Waals surface area contributed by atoms with Crippen LogP contribution in [-0.4, -0.2) is 54.1 Å². The average molecular weight is 544 g/mol. The summed E-state index contributed by atoms with van der Waals surface area (Å²) in [4.78, 5) is 34.7. The number of aryl methyl sites for hydroxylation is 1. The third-order valence-electron chi connectivity index (χ3n) is 7.60. The van der Waals surface area contributed by atoms with E-state index in [4.69, 9.17) is 9.97 Å². The van der Waals surface area contributed by atoms with E-state index in [9.17, 15) is 4.79 Å². The Labute approximate surface area is 236 Å². The maximum Gasteiger partial charge on any atom is 0.224 e. The predicted octanol–water partition coefficient (Wildman–Crippen LogP) is 5.26. The van der Waals surface area contributed by atoms with Crippen LogP contribution in [0.2, 0.25) is 0 Å². The van der Waals surface area contributed by atoms with Crippen LogP contribution in [0.3, 0.4) is 0 Å². The molecule has 1 aliphatic heterocycles. The number of H-pyrrole nitrogens is 2. The van der Waals surface area contributed by atoms with Crippen molar-refractivity contribution in [1.82, 2.24) is 40.4 Å². The lowest BCUT2D eigenvalue weighted by molar-refractivity contribution is -0.117. The third-order valence-corrected chi connectivity index (χ3v) is 7.60. The Morgan fingerprint density at radius 1 is 1.02 bits per heavy atom. The van der Waals surface area contributed by atoms with Gasteiger partial charge in [-0.1, -0.05) is 29.8 Å². The van der Waals surface area contributed by atoms with Crippen LogP contribution in [0.15, 0.2) is 67.1 Å². The number of fused-ring (bicyclic) bond motifs is 2. The number of nitrogens with zero attached hydrogens (tertiary/aromatic N) is 5. The highest BCUT2D eigenvalue weighted by molar-refractivity contribution is 5.95. The topological polar surface area (TPSA) is 137 Å². The number of benzene rings is 1. The predicted molar refractivity (Wildman–Crippen MR) is 159 cm³/mol. The van der Waals surface area contributed by atoms with Crippen molar-refractivity contribution >= 4 is 33.8 Å². The summed E-state index contributed by atoms with van der Waals surface area (Å²) in [7, 11) is 0. The first-order valence-electron chi connectivity index (χ1n) is 13.8. The van der Waals surface area contributed by atoms with Gasteiger partial charge in [0.1, 0.15) is 5.52 Å². The molecule has 10 nitrogen and oxygen atoms in total. The van der Waals surface area contributed by atoms with Crippen molar-refractivity contribution in [3.8, 4) is 33.9 Å². The Morgan fingerprint density at radius 3 is 2.80 bits per heavy atom. The molecule has 7 rings (SSSR count). The highest BCUT2D eigenvalue weighted by Crippen LogP contribution is 2.31. The van der Waals surface area contributed by atoms with Gasteiger partial charge in [0, 0.05) is 29.9 Å². The van der Waals surface area contributed by atoms with E-state index < -0.39 is 0 Å². The molecule has 0 spiro atoms. The van der Waals surface area contributed by atoms with E-state index in [2.05, 4.69) is 60.9 Å². The van der Waals surface area contributed by atoms with Crippen LogP contribution >= 0.6 is 0 Å². The number of rotatable bonds is 6. The van der Waals surface area contributed by atoms with Gasteiger partial charge >= 0.3 is 0 Å². The van der Waals surface area contributed by atoms with Crippen LogP contribution in [0.1, 0.15) is 24.8 Å². The summed E-state index contributed by atoms with van der Waals surface area (Å²) in [6.07, 6.45) is 7.75. The Morgan fingerprint density at radius 2 is 1.93 bits per heavy atom. The number of carbonyl (C=O) groups excluding carboxylic acids is 1. The monoisotopic (exact) mass is 543 g/mol. The fourth-order valence-corrected chi connectivity index (χ4v) is 5.51. The third kappa shape index (κ3) is 5.05. The minimum Gasteiger partial charge on any atom is -0.335 e. The van der Waals surface area contributed by atoms with Gasteiger partial charge in [0.15, 0.2) is 17.2 Å². The van der Waals surface area contributed by atoms with Crippen LogP contribution in [-0.2, 0) is 4.79 Å². The lowest BCUT2D eigenvalue weighted by Gasteiger charge is -2.21. The molecule has 1 aromatic carbocycles. The Bertz CT molecular complexity index is 1880. The van der Waals surface area contributed by atoms with Gasteiger partial charge in [-0.2, -0.15) is 5.10 Å². The molecule has 5 aromatic heterocycles. The number of aromatic nitrogens is 7. The van der Waals surface area contributed by atoms with Crippen molar-refractivity contribution in [2.45, 2.75) is 26.2 Å². The van der Waals surface area contributed by atoms with E-state index in [1.807, 2.05) is 30.3 Å². The molecule has 1 fully saturated rings. The quantitative estimate of drug-likeness (QED) is 0.225. The molecule has 0 bridgehead atoms. The molecule has 0 unspecified atom stereocenters. The first-order chi connectivity index (χ1) is 20.1. The van der Waals surface area contributed by atoms with Crippen molar-refractivity contribution < 1.29 is 4.79 Å². The number of aromatic amines is 2. The maximum atomic E-state index is 12.7. The second-order valence-corrected chi connectivity index (χ2v) is 10.6. The molecule has 0 saturated carbocycles. The first kappa shape index (κ1) is 25.0.